The first kappa shape index (κ1) is 20.5. The molecule has 1 aromatic heterocycles. The molecule has 4 rings (SSSR count). The second-order valence-corrected chi connectivity index (χ2v) is 8.07. The third-order valence-electron chi connectivity index (χ3n) is 6.00. The van der Waals surface area contributed by atoms with Gasteiger partial charge in [-0.15, -0.1) is 0 Å². The summed E-state index contributed by atoms with van der Waals surface area (Å²) in [7, 11) is 0. The van der Waals surface area contributed by atoms with Gasteiger partial charge >= 0.3 is 0 Å². The largest absolute Gasteiger partial charge is 0.370 e. The van der Waals surface area contributed by atoms with E-state index in [1.54, 1.807) is 36.5 Å². The molecule has 30 heavy (non-hydrogen) atoms. The summed E-state index contributed by atoms with van der Waals surface area (Å²) in [6, 6.07) is 11.4. The Morgan fingerprint density at radius 3 is 2.73 bits per heavy atom. The fourth-order valence-corrected chi connectivity index (χ4v) is 4.30. The SMILES string of the molecule is O=C(NC[C@@H]1CCC2(CCN(C(=O)Cc3cccc(F)c3)CC2)O1)c1ccccn1. The summed E-state index contributed by atoms with van der Waals surface area (Å²) in [6.07, 6.45) is 5.18. The molecule has 2 aliphatic heterocycles. The van der Waals surface area contributed by atoms with Crippen molar-refractivity contribution in [1.29, 1.82) is 0 Å². The second kappa shape index (κ2) is 8.92. The minimum Gasteiger partial charge on any atom is -0.370 e. The fraction of sp³-hybridized carbons (Fsp3) is 0.435. The van der Waals surface area contributed by atoms with Gasteiger partial charge in [0.05, 0.1) is 18.1 Å². The van der Waals surface area contributed by atoms with E-state index in [1.165, 1.54) is 12.1 Å². The smallest absolute Gasteiger partial charge is 0.269 e. The molecule has 2 amide bonds. The Bertz CT molecular complexity index is 898. The summed E-state index contributed by atoms with van der Waals surface area (Å²) in [6.45, 7) is 1.74. The number of benzene rings is 1. The Morgan fingerprint density at radius 2 is 2.00 bits per heavy atom. The third kappa shape index (κ3) is 4.84. The number of hydrogen-bond donors (Lipinski definition) is 1. The van der Waals surface area contributed by atoms with Crippen LogP contribution in [0.2, 0.25) is 0 Å². The number of piperidine rings is 1. The highest BCUT2D eigenvalue weighted by Crippen LogP contribution is 2.38. The molecule has 2 aromatic rings. The van der Waals surface area contributed by atoms with Gasteiger partial charge in [0.1, 0.15) is 11.5 Å². The number of nitrogens with one attached hydrogen (secondary N) is 1. The van der Waals surface area contributed by atoms with E-state index in [0.717, 1.165) is 25.7 Å². The average Bonchev–Trinajstić information content (AvgIpc) is 3.15. The number of ether oxygens (including phenoxy) is 1. The van der Waals surface area contributed by atoms with Crippen molar-refractivity contribution in [1.82, 2.24) is 15.2 Å². The van der Waals surface area contributed by atoms with Crippen molar-refractivity contribution in [3.63, 3.8) is 0 Å². The van der Waals surface area contributed by atoms with Crippen molar-refractivity contribution in [2.24, 2.45) is 0 Å². The first-order chi connectivity index (χ1) is 14.5. The van der Waals surface area contributed by atoms with Gasteiger partial charge in [-0.3, -0.25) is 14.6 Å². The monoisotopic (exact) mass is 411 g/mol. The highest BCUT2D eigenvalue weighted by molar-refractivity contribution is 5.92. The molecule has 2 fully saturated rings. The Hall–Kier alpha value is -2.80. The molecule has 1 spiro atoms. The van der Waals surface area contributed by atoms with E-state index in [2.05, 4.69) is 10.3 Å². The molecule has 0 aliphatic carbocycles. The standard InChI is InChI=1S/C23H26FN3O3/c24-18-5-3-4-17(14-18)15-21(28)27-12-9-23(10-13-27)8-7-19(30-23)16-26-22(29)20-6-1-2-11-25-20/h1-6,11,14,19H,7-10,12-13,15-16H2,(H,26,29)/t19-/m0/s1. The zero-order chi connectivity index (χ0) is 21.0. The van der Waals surface area contributed by atoms with Gasteiger partial charge < -0.3 is 15.0 Å². The molecule has 0 unspecified atom stereocenters. The molecule has 0 radical (unpaired) electrons. The summed E-state index contributed by atoms with van der Waals surface area (Å²) in [5.74, 6) is -0.496. The lowest BCUT2D eigenvalue weighted by Gasteiger charge is -2.39. The Kier molecular flexibility index (Phi) is 6.08. The maximum atomic E-state index is 13.3. The molecule has 158 valence electrons. The van der Waals surface area contributed by atoms with Crippen LogP contribution in [-0.2, 0) is 16.0 Å². The Labute approximate surface area is 175 Å². The van der Waals surface area contributed by atoms with Crippen LogP contribution in [0.15, 0.2) is 48.7 Å². The zero-order valence-electron chi connectivity index (χ0n) is 16.9. The first-order valence-electron chi connectivity index (χ1n) is 10.4. The molecule has 6 nitrogen and oxygen atoms in total. The predicted octanol–water partition coefficient (Wildman–Crippen LogP) is 2.73. The third-order valence-corrected chi connectivity index (χ3v) is 6.00. The summed E-state index contributed by atoms with van der Waals surface area (Å²) < 4.78 is 19.7. The number of halogens is 1. The second-order valence-electron chi connectivity index (χ2n) is 8.07. The van der Waals surface area contributed by atoms with Gasteiger partial charge in [0.2, 0.25) is 5.91 Å². The molecule has 0 saturated carbocycles. The van der Waals surface area contributed by atoms with Crippen molar-refractivity contribution < 1.29 is 18.7 Å². The maximum Gasteiger partial charge on any atom is 0.269 e. The molecule has 3 heterocycles. The van der Waals surface area contributed by atoms with Crippen LogP contribution in [0.1, 0.15) is 41.7 Å². The van der Waals surface area contributed by atoms with Crippen LogP contribution in [0.5, 0.6) is 0 Å². The minimum absolute atomic E-state index is 0.0209. The topological polar surface area (TPSA) is 71.5 Å². The van der Waals surface area contributed by atoms with Gasteiger partial charge in [-0.1, -0.05) is 18.2 Å². The molecular weight excluding hydrogens is 385 g/mol. The number of pyridine rings is 1. The zero-order valence-corrected chi connectivity index (χ0v) is 16.9. The van der Waals surface area contributed by atoms with Crippen molar-refractivity contribution in [3.05, 3.63) is 65.7 Å². The van der Waals surface area contributed by atoms with E-state index in [9.17, 15) is 14.0 Å². The molecule has 1 N–H and O–H groups in total. The Morgan fingerprint density at radius 1 is 1.17 bits per heavy atom. The summed E-state index contributed by atoms with van der Waals surface area (Å²) in [4.78, 5) is 30.6. The number of nitrogens with zero attached hydrogens (tertiary/aromatic N) is 2. The Balaban J connectivity index is 1.23. The van der Waals surface area contributed by atoms with Gasteiger partial charge in [0.25, 0.3) is 5.91 Å². The van der Waals surface area contributed by atoms with Crippen LogP contribution in [0, 0.1) is 5.82 Å². The lowest BCUT2D eigenvalue weighted by Crippen LogP contribution is -2.47. The molecule has 0 bridgehead atoms. The highest BCUT2D eigenvalue weighted by Gasteiger charge is 2.43. The van der Waals surface area contributed by atoms with E-state index >= 15 is 0 Å². The molecule has 2 saturated heterocycles. The molecule has 1 aromatic carbocycles. The number of aromatic nitrogens is 1. The number of hydrogen-bond acceptors (Lipinski definition) is 4. The van der Waals surface area contributed by atoms with Crippen LogP contribution < -0.4 is 5.32 Å². The lowest BCUT2D eigenvalue weighted by atomic mass is 9.88. The van der Waals surface area contributed by atoms with Gasteiger partial charge in [-0.25, -0.2) is 4.39 Å². The van der Waals surface area contributed by atoms with Crippen molar-refractivity contribution in [2.75, 3.05) is 19.6 Å². The van der Waals surface area contributed by atoms with Crippen LogP contribution >= 0.6 is 0 Å². The summed E-state index contributed by atoms with van der Waals surface area (Å²) in [5, 5.41) is 2.90. The number of carbonyl (C=O) groups excluding carboxylic acids is 2. The minimum atomic E-state index is -0.321. The highest BCUT2D eigenvalue weighted by atomic mass is 19.1. The van der Waals surface area contributed by atoms with E-state index in [4.69, 9.17) is 4.74 Å². The average molecular weight is 411 g/mol. The molecular formula is C23H26FN3O3. The van der Waals surface area contributed by atoms with Gasteiger partial charge in [0.15, 0.2) is 0 Å². The van der Waals surface area contributed by atoms with Crippen molar-refractivity contribution >= 4 is 11.8 Å². The quantitative estimate of drug-likeness (QED) is 0.821. The lowest BCUT2D eigenvalue weighted by molar-refractivity contribution is -0.136. The number of rotatable bonds is 5. The van der Waals surface area contributed by atoms with E-state index in [1.807, 2.05) is 4.90 Å². The van der Waals surface area contributed by atoms with E-state index < -0.39 is 0 Å². The molecule has 2 aliphatic rings. The molecule has 1 atom stereocenters. The van der Waals surface area contributed by atoms with Crippen LogP contribution in [-0.4, -0.2) is 53.0 Å². The number of likely N-dealkylation sites (tertiary alicyclic amines) is 1. The van der Waals surface area contributed by atoms with Crippen LogP contribution in [0.4, 0.5) is 4.39 Å². The van der Waals surface area contributed by atoms with Gasteiger partial charge in [0, 0.05) is 25.8 Å². The first-order valence-corrected chi connectivity index (χ1v) is 10.4. The van der Waals surface area contributed by atoms with Gasteiger partial charge in [-0.05, 0) is 55.5 Å². The van der Waals surface area contributed by atoms with Crippen LogP contribution in [0.25, 0.3) is 0 Å². The predicted molar refractivity (Wildman–Crippen MR) is 109 cm³/mol. The number of carbonyl (C=O) groups is 2. The normalized spacial score (nSPS) is 20.3. The summed E-state index contributed by atoms with van der Waals surface area (Å²) >= 11 is 0. The number of amides is 2. The fourth-order valence-electron chi connectivity index (χ4n) is 4.30. The van der Waals surface area contributed by atoms with E-state index in [-0.39, 0.29) is 35.8 Å². The van der Waals surface area contributed by atoms with Crippen molar-refractivity contribution in [2.45, 2.75) is 43.8 Å². The molecule has 7 heteroatoms. The van der Waals surface area contributed by atoms with E-state index in [0.29, 0.717) is 30.9 Å². The summed E-state index contributed by atoms with van der Waals surface area (Å²) in [5.41, 5.74) is 0.882. The maximum absolute atomic E-state index is 13.3. The van der Waals surface area contributed by atoms with Crippen molar-refractivity contribution in [3.8, 4) is 0 Å². The van der Waals surface area contributed by atoms with Gasteiger partial charge in [-0.2, -0.15) is 0 Å². The van der Waals surface area contributed by atoms with Crippen LogP contribution in [0.3, 0.4) is 0 Å².